The van der Waals surface area contributed by atoms with Crippen molar-refractivity contribution in [3.63, 3.8) is 0 Å². The van der Waals surface area contributed by atoms with Crippen molar-refractivity contribution in [2.45, 2.75) is 33.4 Å². The fourth-order valence-electron chi connectivity index (χ4n) is 1.58. The number of hydrogen-bond acceptors (Lipinski definition) is 3. The van der Waals surface area contributed by atoms with Crippen LogP contribution in [0.25, 0.3) is 0 Å². The molecule has 1 rings (SSSR count). The maximum Gasteiger partial charge on any atom is 0.0534 e. The van der Waals surface area contributed by atoms with Gasteiger partial charge in [0.1, 0.15) is 0 Å². The van der Waals surface area contributed by atoms with Crippen LogP contribution in [-0.2, 0) is 13.1 Å². The van der Waals surface area contributed by atoms with E-state index in [0.29, 0.717) is 0 Å². The van der Waals surface area contributed by atoms with Crippen LogP contribution in [0.4, 0.5) is 0 Å². The van der Waals surface area contributed by atoms with Crippen LogP contribution in [0, 0.1) is 0 Å². The van der Waals surface area contributed by atoms with Crippen LogP contribution in [-0.4, -0.2) is 34.3 Å². The topological polar surface area (TPSA) is 47.1 Å². The van der Waals surface area contributed by atoms with E-state index in [1.165, 1.54) is 5.56 Å². The fourth-order valence-corrected chi connectivity index (χ4v) is 1.58. The summed E-state index contributed by atoms with van der Waals surface area (Å²) in [6, 6.07) is 0. The molecule has 4 heteroatoms. The molecule has 0 unspecified atom stereocenters. The minimum atomic E-state index is 0.769. The highest BCUT2D eigenvalue weighted by Crippen LogP contribution is 2.04. The summed E-state index contributed by atoms with van der Waals surface area (Å²) in [4.78, 5) is 2.39. The van der Waals surface area contributed by atoms with Crippen LogP contribution in [0.2, 0.25) is 0 Å². The van der Waals surface area contributed by atoms with Gasteiger partial charge in [-0.05, 0) is 33.0 Å². The molecule has 1 aromatic heterocycles. The summed E-state index contributed by atoms with van der Waals surface area (Å²) in [7, 11) is 0. The Bertz CT molecular complexity index is 269. The number of aromatic nitrogens is 2. The lowest BCUT2D eigenvalue weighted by atomic mass is 10.3. The van der Waals surface area contributed by atoms with E-state index in [4.69, 9.17) is 5.73 Å². The largest absolute Gasteiger partial charge is 0.330 e. The van der Waals surface area contributed by atoms with Crippen LogP contribution >= 0.6 is 0 Å². The van der Waals surface area contributed by atoms with Crippen LogP contribution < -0.4 is 5.73 Å². The third-order valence-electron chi connectivity index (χ3n) is 2.54. The molecule has 0 radical (unpaired) electrons. The highest BCUT2D eigenvalue weighted by atomic mass is 15.3. The molecule has 1 aromatic rings. The number of aryl methyl sites for hydroxylation is 1. The first-order chi connectivity index (χ1) is 7.30. The van der Waals surface area contributed by atoms with Gasteiger partial charge in [0.2, 0.25) is 0 Å². The van der Waals surface area contributed by atoms with Crippen molar-refractivity contribution in [1.82, 2.24) is 14.7 Å². The van der Waals surface area contributed by atoms with Gasteiger partial charge in [0.05, 0.1) is 6.20 Å². The number of nitrogens with zero attached hydrogens (tertiary/aromatic N) is 3. The van der Waals surface area contributed by atoms with Crippen molar-refractivity contribution in [2.24, 2.45) is 5.73 Å². The summed E-state index contributed by atoms with van der Waals surface area (Å²) in [5, 5.41) is 4.27. The molecule has 86 valence electrons. The SMILES string of the molecule is CCN(CCCN)Cc1cnn(CC)c1. The van der Waals surface area contributed by atoms with Crippen molar-refractivity contribution >= 4 is 0 Å². The van der Waals surface area contributed by atoms with Gasteiger partial charge in [-0.25, -0.2) is 0 Å². The van der Waals surface area contributed by atoms with Gasteiger partial charge in [0.25, 0.3) is 0 Å². The minimum Gasteiger partial charge on any atom is -0.330 e. The molecule has 0 aliphatic heterocycles. The highest BCUT2D eigenvalue weighted by Gasteiger charge is 2.04. The Balaban J connectivity index is 2.43. The molecule has 0 aromatic carbocycles. The van der Waals surface area contributed by atoms with E-state index in [1.807, 2.05) is 10.9 Å². The summed E-state index contributed by atoms with van der Waals surface area (Å²) in [6.07, 6.45) is 5.13. The van der Waals surface area contributed by atoms with E-state index in [1.54, 1.807) is 0 Å². The summed E-state index contributed by atoms with van der Waals surface area (Å²) < 4.78 is 1.96. The smallest absolute Gasteiger partial charge is 0.0534 e. The van der Waals surface area contributed by atoms with Crippen LogP contribution in [0.1, 0.15) is 25.8 Å². The van der Waals surface area contributed by atoms with Crippen molar-refractivity contribution in [3.8, 4) is 0 Å². The maximum absolute atomic E-state index is 5.51. The third kappa shape index (κ3) is 4.01. The zero-order chi connectivity index (χ0) is 11.1. The van der Waals surface area contributed by atoms with E-state index in [-0.39, 0.29) is 0 Å². The van der Waals surface area contributed by atoms with E-state index >= 15 is 0 Å². The second-order valence-corrected chi connectivity index (χ2v) is 3.72. The molecule has 1 heterocycles. The normalized spacial score (nSPS) is 11.2. The van der Waals surface area contributed by atoms with Gasteiger partial charge < -0.3 is 5.73 Å². The second-order valence-electron chi connectivity index (χ2n) is 3.72. The lowest BCUT2D eigenvalue weighted by Crippen LogP contribution is -2.25. The zero-order valence-electron chi connectivity index (χ0n) is 9.82. The Morgan fingerprint density at radius 1 is 1.47 bits per heavy atom. The van der Waals surface area contributed by atoms with Gasteiger partial charge in [0, 0.05) is 24.8 Å². The molecular formula is C11H22N4. The van der Waals surface area contributed by atoms with Crippen molar-refractivity contribution in [3.05, 3.63) is 18.0 Å². The number of nitrogens with two attached hydrogens (primary N) is 1. The molecular weight excluding hydrogens is 188 g/mol. The van der Waals surface area contributed by atoms with Crippen LogP contribution in [0.3, 0.4) is 0 Å². The molecule has 4 nitrogen and oxygen atoms in total. The molecule has 0 amide bonds. The minimum absolute atomic E-state index is 0.769. The van der Waals surface area contributed by atoms with Crippen molar-refractivity contribution in [2.75, 3.05) is 19.6 Å². The average Bonchev–Trinajstić information content (AvgIpc) is 2.71. The predicted molar refractivity (Wildman–Crippen MR) is 62.5 cm³/mol. The lowest BCUT2D eigenvalue weighted by molar-refractivity contribution is 0.278. The average molecular weight is 210 g/mol. The molecule has 0 saturated heterocycles. The Kier molecular flexibility index (Phi) is 5.36. The summed E-state index contributed by atoms with van der Waals surface area (Å²) in [5.74, 6) is 0. The lowest BCUT2D eigenvalue weighted by Gasteiger charge is -2.18. The third-order valence-corrected chi connectivity index (χ3v) is 2.54. The Hall–Kier alpha value is -0.870. The monoisotopic (exact) mass is 210 g/mol. The molecule has 0 bridgehead atoms. The molecule has 0 atom stereocenters. The quantitative estimate of drug-likeness (QED) is 0.732. The van der Waals surface area contributed by atoms with Gasteiger partial charge >= 0.3 is 0 Å². The van der Waals surface area contributed by atoms with Gasteiger partial charge in [-0.3, -0.25) is 9.58 Å². The van der Waals surface area contributed by atoms with Crippen LogP contribution in [0.5, 0.6) is 0 Å². The zero-order valence-corrected chi connectivity index (χ0v) is 9.82. The molecule has 0 spiro atoms. The fraction of sp³-hybridized carbons (Fsp3) is 0.727. The molecule has 15 heavy (non-hydrogen) atoms. The van der Waals surface area contributed by atoms with E-state index in [2.05, 4.69) is 30.0 Å². The van der Waals surface area contributed by atoms with Crippen LogP contribution in [0.15, 0.2) is 12.4 Å². The van der Waals surface area contributed by atoms with Gasteiger partial charge in [0.15, 0.2) is 0 Å². The van der Waals surface area contributed by atoms with Gasteiger partial charge in [-0.1, -0.05) is 6.92 Å². The number of hydrogen-bond donors (Lipinski definition) is 1. The Morgan fingerprint density at radius 2 is 2.27 bits per heavy atom. The molecule has 0 aliphatic carbocycles. The first kappa shape index (κ1) is 12.2. The van der Waals surface area contributed by atoms with Gasteiger partial charge in [-0.2, -0.15) is 5.10 Å². The Morgan fingerprint density at radius 3 is 2.80 bits per heavy atom. The molecule has 0 fully saturated rings. The predicted octanol–water partition coefficient (Wildman–Crippen LogP) is 1.07. The molecule has 2 N–H and O–H groups in total. The van der Waals surface area contributed by atoms with E-state index in [0.717, 1.165) is 39.1 Å². The number of rotatable bonds is 7. The maximum atomic E-state index is 5.51. The first-order valence-electron chi connectivity index (χ1n) is 5.73. The first-order valence-corrected chi connectivity index (χ1v) is 5.73. The highest BCUT2D eigenvalue weighted by molar-refractivity contribution is 5.03. The summed E-state index contributed by atoms with van der Waals surface area (Å²) >= 11 is 0. The Labute approximate surface area is 92.1 Å². The molecule has 0 aliphatic rings. The second kappa shape index (κ2) is 6.58. The molecule has 0 saturated carbocycles. The van der Waals surface area contributed by atoms with E-state index in [9.17, 15) is 0 Å². The van der Waals surface area contributed by atoms with Crippen molar-refractivity contribution < 1.29 is 0 Å². The standard InChI is InChI=1S/C11H22N4/c1-3-14(7-5-6-12)9-11-8-13-15(4-2)10-11/h8,10H,3-7,9,12H2,1-2H3. The van der Waals surface area contributed by atoms with Gasteiger partial charge in [-0.15, -0.1) is 0 Å². The summed E-state index contributed by atoms with van der Waals surface area (Å²) in [5.41, 5.74) is 6.80. The summed E-state index contributed by atoms with van der Waals surface area (Å²) in [6.45, 7) is 9.11. The van der Waals surface area contributed by atoms with E-state index < -0.39 is 0 Å². The van der Waals surface area contributed by atoms with Crippen molar-refractivity contribution in [1.29, 1.82) is 0 Å².